The summed E-state index contributed by atoms with van der Waals surface area (Å²) in [5.41, 5.74) is 1.86. The van der Waals surface area contributed by atoms with E-state index in [2.05, 4.69) is 17.6 Å². The van der Waals surface area contributed by atoms with Crippen LogP contribution in [0.4, 0.5) is 0 Å². The van der Waals surface area contributed by atoms with Gasteiger partial charge in [-0.1, -0.05) is 32.9 Å². The minimum atomic E-state index is -0.713. The second kappa shape index (κ2) is 4.33. The van der Waals surface area contributed by atoms with Gasteiger partial charge in [0, 0.05) is 12.5 Å². The summed E-state index contributed by atoms with van der Waals surface area (Å²) in [6.45, 7) is 7.05. The number of aryl methyl sites for hydroxylation is 1. The summed E-state index contributed by atoms with van der Waals surface area (Å²) in [7, 11) is 0. The number of carbonyl (C=O) groups is 1. The highest BCUT2D eigenvalue weighted by atomic mass is 16.4. The maximum absolute atomic E-state index is 11.4. The topological polar surface area (TPSA) is 55.1 Å². The van der Waals surface area contributed by atoms with E-state index in [9.17, 15) is 9.90 Å². The first kappa shape index (κ1) is 13.2. The van der Waals surface area contributed by atoms with Crippen LogP contribution in [0, 0.1) is 11.3 Å². The molecule has 2 atom stereocenters. The molecule has 2 aromatic rings. The van der Waals surface area contributed by atoms with Gasteiger partial charge < -0.3 is 9.67 Å². The zero-order valence-corrected chi connectivity index (χ0v) is 12.1. The van der Waals surface area contributed by atoms with E-state index < -0.39 is 5.97 Å². The Morgan fingerprint density at radius 2 is 2.10 bits per heavy atom. The van der Waals surface area contributed by atoms with Crippen molar-refractivity contribution >= 4 is 17.0 Å². The van der Waals surface area contributed by atoms with Gasteiger partial charge in [0.2, 0.25) is 0 Å². The first-order chi connectivity index (χ1) is 9.48. The van der Waals surface area contributed by atoms with Crippen LogP contribution in [0.15, 0.2) is 24.3 Å². The molecule has 1 aromatic carbocycles. The molecule has 4 heteroatoms. The van der Waals surface area contributed by atoms with Crippen LogP contribution in [0.25, 0.3) is 11.0 Å². The third kappa shape index (κ3) is 1.74. The van der Waals surface area contributed by atoms with Gasteiger partial charge >= 0.3 is 5.97 Å². The molecule has 106 valence electrons. The molecule has 20 heavy (non-hydrogen) atoms. The Kier molecular flexibility index (Phi) is 2.85. The molecule has 0 radical (unpaired) electrons. The molecule has 4 nitrogen and oxygen atoms in total. The monoisotopic (exact) mass is 272 g/mol. The minimum Gasteiger partial charge on any atom is -0.481 e. The van der Waals surface area contributed by atoms with Crippen molar-refractivity contribution in [3.05, 3.63) is 30.1 Å². The minimum absolute atomic E-state index is 0.0129. The Labute approximate surface area is 118 Å². The van der Waals surface area contributed by atoms with Crippen molar-refractivity contribution in [2.75, 3.05) is 0 Å². The molecule has 1 saturated carbocycles. The summed E-state index contributed by atoms with van der Waals surface area (Å²) in [4.78, 5) is 16.1. The standard InChI is InChI=1S/C16H20N2O2/c1-4-9-18-11-8-6-5-7-10(11)17-14(18)12-13(15(19)20)16(12,2)3/h5-8,12-13H,4,9H2,1-3H3,(H,19,20). The van der Waals surface area contributed by atoms with Crippen molar-refractivity contribution in [2.45, 2.75) is 39.7 Å². The van der Waals surface area contributed by atoms with Crippen molar-refractivity contribution in [1.82, 2.24) is 9.55 Å². The molecule has 0 spiro atoms. The van der Waals surface area contributed by atoms with Crippen molar-refractivity contribution < 1.29 is 9.90 Å². The Hall–Kier alpha value is -1.84. The van der Waals surface area contributed by atoms with E-state index in [1.807, 2.05) is 32.0 Å². The fourth-order valence-electron chi connectivity index (χ4n) is 3.37. The van der Waals surface area contributed by atoms with E-state index in [4.69, 9.17) is 4.98 Å². The van der Waals surface area contributed by atoms with E-state index in [0.717, 1.165) is 29.8 Å². The molecule has 0 amide bonds. The SMILES string of the molecule is CCCn1c(C2C(C(=O)O)C2(C)C)nc2ccccc21. The van der Waals surface area contributed by atoms with Gasteiger partial charge in [0.25, 0.3) is 0 Å². The van der Waals surface area contributed by atoms with Crippen LogP contribution in [-0.4, -0.2) is 20.6 Å². The lowest BCUT2D eigenvalue weighted by Gasteiger charge is -2.08. The number of carboxylic acid groups (broad SMARTS) is 1. The van der Waals surface area contributed by atoms with E-state index in [-0.39, 0.29) is 17.3 Å². The highest BCUT2D eigenvalue weighted by Gasteiger charge is 2.64. The molecule has 0 aliphatic heterocycles. The quantitative estimate of drug-likeness (QED) is 0.929. The first-order valence-electron chi connectivity index (χ1n) is 7.16. The number of aliphatic carboxylic acids is 1. The van der Waals surface area contributed by atoms with Crippen molar-refractivity contribution in [1.29, 1.82) is 0 Å². The Bertz CT molecular complexity index is 672. The van der Waals surface area contributed by atoms with Crippen LogP contribution in [-0.2, 0) is 11.3 Å². The summed E-state index contributed by atoms with van der Waals surface area (Å²) < 4.78 is 2.20. The van der Waals surface area contributed by atoms with E-state index in [1.54, 1.807) is 0 Å². The third-order valence-corrected chi connectivity index (χ3v) is 4.50. The van der Waals surface area contributed by atoms with Crippen molar-refractivity contribution in [3.63, 3.8) is 0 Å². The Morgan fingerprint density at radius 1 is 1.40 bits per heavy atom. The van der Waals surface area contributed by atoms with E-state index in [0.29, 0.717) is 0 Å². The Balaban J connectivity index is 2.12. The summed E-state index contributed by atoms with van der Waals surface area (Å²) >= 11 is 0. The maximum atomic E-state index is 11.4. The maximum Gasteiger partial charge on any atom is 0.307 e. The van der Waals surface area contributed by atoms with E-state index >= 15 is 0 Å². The molecule has 1 aliphatic carbocycles. The molecule has 1 N–H and O–H groups in total. The number of imidazole rings is 1. The molecule has 1 aliphatic rings. The fourth-order valence-corrected chi connectivity index (χ4v) is 3.37. The normalized spacial score (nSPS) is 23.9. The zero-order valence-electron chi connectivity index (χ0n) is 12.1. The number of hydrogen-bond acceptors (Lipinski definition) is 2. The van der Waals surface area contributed by atoms with Crippen molar-refractivity contribution in [3.8, 4) is 0 Å². The molecule has 2 unspecified atom stereocenters. The molecule has 0 bridgehead atoms. The summed E-state index contributed by atoms with van der Waals surface area (Å²) in [6.07, 6.45) is 1.01. The lowest BCUT2D eigenvalue weighted by molar-refractivity contribution is -0.139. The second-order valence-corrected chi connectivity index (χ2v) is 6.23. The van der Waals surface area contributed by atoms with Crippen LogP contribution in [0.3, 0.4) is 0 Å². The summed E-state index contributed by atoms with van der Waals surface area (Å²) in [5, 5.41) is 9.38. The van der Waals surface area contributed by atoms with Gasteiger partial charge in [-0.3, -0.25) is 4.79 Å². The molecule has 1 aromatic heterocycles. The molecule has 3 rings (SSSR count). The average Bonchev–Trinajstić information content (AvgIpc) is 2.80. The Morgan fingerprint density at radius 3 is 2.70 bits per heavy atom. The third-order valence-electron chi connectivity index (χ3n) is 4.50. The van der Waals surface area contributed by atoms with Gasteiger partial charge in [-0.05, 0) is 24.0 Å². The first-order valence-corrected chi connectivity index (χ1v) is 7.16. The molecule has 0 saturated heterocycles. The molecular formula is C16H20N2O2. The summed E-state index contributed by atoms with van der Waals surface area (Å²) in [6, 6.07) is 8.04. The van der Waals surface area contributed by atoms with Gasteiger partial charge in [0.15, 0.2) is 0 Å². The molecule has 1 heterocycles. The van der Waals surface area contributed by atoms with Gasteiger partial charge in [-0.25, -0.2) is 4.98 Å². The smallest absolute Gasteiger partial charge is 0.307 e. The summed E-state index contributed by atoms with van der Waals surface area (Å²) in [5.74, 6) is -0.0885. The average molecular weight is 272 g/mol. The van der Waals surface area contributed by atoms with Gasteiger partial charge in [0.05, 0.1) is 17.0 Å². The predicted molar refractivity (Wildman–Crippen MR) is 77.7 cm³/mol. The van der Waals surface area contributed by atoms with Gasteiger partial charge in [-0.15, -0.1) is 0 Å². The number of aromatic nitrogens is 2. The number of carboxylic acids is 1. The lowest BCUT2D eigenvalue weighted by atomic mass is 10.1. The number of benzene rings is 1. The zero-order chi connectivity index (χ0) is 14.5. The van der Waals surface area contributed by atoms with Crippen LogP contribution in [0.2, 0.25) is 0 Å². The number of fused-ring (bicyclic) bond motifs is 1. The fraction of sp³-hybridized carbons (Fsp3) is 0.500. The van der Waals surface area contributed by atoms with Crippen LogP contribution >= 0.6 is 0 Å². The predicted octanol–water partition coefficient (Wildman–Crippen LogP) is 3.27. The van der Waals surface area contributed by atoms with Crippen molar-refractivity contribution in [2.24, 2.45) is 11.3 Å². The van der Waals surface area contributed by atoms with Crippen LogP contribution in [0.1, 0.15) is 38.9 Å². The largest absolute Gasteiger partial charge is 0.481 e. The molecular weight excluding hydrogens is 252 g/mol. The number of para-hydroxylation sites is 2. The number of nitrogens with zero attached hydrogens (tertiary/aromatic N) is 2. The lowest BCUT2D eigenvalue weighted by Crippen LogP contribution is -2.05. The van der Waals surface area contributed by atoms with E-state index in [1.165, 1.54) is 0 Å². The number of hydrogen-bond donors (Lipinski definition) is 1. The molecule has 1 fully saturated rings. The second-order valence-electron chi connectivity index (χ2n) is 6.23. The van der Waals surface area contributed by atoms with Crippen LogP contribution < -0.4 is 0 Å². The highest BCUT2D eigenvalue weighted by Crippen LogP contribution is 2.64. The number of rotatable bonds is 4. The van der Waals surface area contributed by atoms with Gasteiger partial charge in [0.1, 0.15) is 5.82 Å². The highest BCUT2D eigenvalue weighted by molar-refractivity contribution is 5.80. The van der Waals surface area contributed by atoms with Gasteiger partial charge in [-0.2, -0.15) is 0 Å². The van der Waals surface area contributed by atoms with Crippen LogP contribution in [0.5, 0.6) is 0 Å².